The molecule has 1 amide bonds. The lowest BCUT2D eigenvalue weighted by Crippen LogP contribution is -2.24. The van der Waals surface area contributed by atoms with Crippen LogP contribution in [0.3, 0.4) is 0 Å². The number of aromatic amines is 2. The van der Waals surface area contributed by atoms with Crippen LogP contribution in [0.5, 0.6) is 0 Å². The normalized spacial score (nSPS) is 10.9. The van der Waals surface area contributed by atoms with Gasteiger partial charge >= 0.3 is 0 Å². The number of hydrogen-bond donors (Lipinski definition) is 4. The smallest absolute Gasteiger partial charge is 0.275 e. The molecule has 0 aliphatic carbocycles. The molecule has 0 saturated carbocycles. The number of nitrogens with zero attached hydrogens (tertiary/aromatic N) is 3. The van der Waals surface area contributed by atoms with E-state index in [-0.39, 0.29) is 18.1 Å². The quantitative estimate of drug-likeness (QED) is 0.368. The molecule has 146 valence electrons. The molecule has 0 radical (unpaired) electrons. The topological polar surface area (TPSA) is 137 Å². The molecule has 4 aromatic rings. The van der Waals surface area contributed by atoms with E-state index in [0.717, 1.165) is 5.56 Å². The summed E-state index contributed by atoms with van der Waals surface area (Å²) in [6.07, 6.45) is 3.79. The van der Waals surface area contributed by atoms with Gasteiger partial charge in [-0.3, -0.25) is 14.6 Å². The van der Waals surface area contributed by atoms with Gasteiger partial charge < -0.3 is 15.4 Å². The molecule has 9 heteroatoms. The molecule has 4 N–H and O–H groups in total. The Labute approximate surface area is 164 Å². The fraction of sp³-hybridized carbons (Fsp3) is 0.150. The molecule has 0 aliphatic heterocycles. The lowest BCUT2D eigenvalue weighted by Gasteiger charge is -2.03. The predicted molar refractivity (Wildman–Crippen MR) is 107 cm³/mol. The van der Waals surface area contributed by atoms with Gasteiger partial charge in [-0.2, -0.15) is 5.10 Å². The summed E-state index contributed by atoms with van der Waals surface area (Å²) < 4.78 is 0. The maximum Gasteiger partial charge on any atom is 0.275 e. The SMILES string of the molecule is O=C(NCCCO)c1ccc2nc(-c3cc(-c4ccncc4)n[nH]c3=O)[nH]c2c1. The molecular weight excluding hydrogens is 372 g/mol. The summed E-state index contributed by atoms with van der Waals surface area (Å²) in [7, 11) is 0. The number of aliphatic hydroxyl groups excluding tert-OH is 1. The highest BCUT2D eigenvalue weighted by atomic mass is 16.3. The Morgan fingerprint density at radius 2 is 1.97 bits per heavy atom. The summed E-state index contributed by atoms with van der Waals surface area (Å²) in [6, 6.07) is 10.3. The molecule has 0 atom stereocenters. The van der Waals surface area contributed by atoms with Gasteiger partial charge in [0, 0.05) is 36.7 Å². The lowest BCUT2D eigenvalue weighted by molar-refractivity contribution is 0.0951. The molecule has 0 fully saturated rings. The van der Waals surface area contributed by atoms with Crippen LogP contribution in [0.15, 0.2) is 53.6 Å². The van der Waals surface area contributed by atoms with Crippen molar-refractivity contribution in [2.45, 2.75) is 6.42 Å². The summed E-state index contributed by atoms with van der Waals surface area (Å²) in [4.78, 5) is 36.1. The van der Waals surface area contributed by atoms with Crippen LogP contribution in [-0.4, -0.2) is 49.3 Å². The van der Waals surface area contributed by atoms with E-state index in [2.05, 4.69) is 30.5 Å². The zero-order chi connectivity index (χ0) is 20.2. The Kier molecular flexibility index (Phi) is 5.12. The van der Waals surface area contributed by atoms with Gasteiger partial charge in [0.2, 0.25) is 0 Å². The number of hydrogen-bond acceptors (Lipinski definition) is 6. The number of carbonyl (C=O) groups is 1. The van der Waals surface area contributed by atoms with Gasteiger partial charge in [0.1, 0.15) is 5.82 Å². The maximum atomic E-state index is 12.3. The van der Waals surface area contributed by atoms with E-state index < -0.39 is 0 Å². The highest BCUT2D eigenvalue weighted by molar-refractivity contribution is 5.97. The number of nitrogens with one attached hydrogen (secondary N) is 3. The number of carbonyl (C=O) groups excluding carboxylic acids is 1. The maximum absolute atomic E-state index is 12.3. The number of pyridine rings is 1. The van der Waals surface area contributed by atoms with Crippen LogP contribution in [0.1, 0.15) is 16.8 Å². The first kappa shape index (κ1) is 18.5. The second-order valence-electron chi connectivity index (χ2n) is 6.38. The monoisotopic (exact) mass is 390 g/mol. The van der Waals surface area contributed by atoms with Crippen LogP contribution in [0.2, 0.25) is 0 Å². The van der Waals surface area contributed by atoms with E-state index in [9.17, 15) is 9.59 Å². The Morgan fingerprint density at radius 3 is 2.76 bits per heavy atom. The van der Waals surface area contributed by atoms with Crippen LogP contribution in [0.4, 0.5) is 0 Å². The van der Waals surface area contributed by atoms with Crippen molar-refractivity contribution in [3.63, 3.8) is 0 Å². The third-order valence-corrected chi connectivity index (χ3v) is 4.40. The zero-order valence-corrected chi connectivity index (χ0v) is 15.3. The largest absolute Gasteiger partial charge is 0.396 e. The zero-order valence-electron chi connectivity index (χ0n) is 15.3. The number of H-pyrrole nitrogens is 2. The van der Waals surface area contributed by atoms with E-state index in [1.165, 1.54) is 0 Å². The summed E-state index contributed by atoms with van der Waals surface area (Å²) in [6.45, 7) is 0.414. The standard InChI is InChI=1S/C20H18N6O3/c27-9-1-6-22-19(28)13-2-3-15-17(10-13)24-18(23-15)14-11-16(25-26-20(14)29)12-4-7-21-8-5-12/h2-5,7-8,10-11,27H,1,6,9H2,(H,22,28)(H,23,24)(H,26,29). The fourth-order valence-corrected chi connectivity index (χ4v) is 2.91. The van der Waals surface area contributed by atoms with Gasteiger partial charge in [-0.25, -0.2) is 10.1 Å². The van der Waals surface area contributed by atoms with E-state index in [1.807, 2.05) is 0 Å². The van der Waals surface area contributed by atoms with Gasteiger partial charge in [-0.15, -0.1) is 0 Å². The van der Waals surface area contributed by atoms with Crippen molar-refractivity contribution in [1.29, 1.82) is 0 Å². The molecule has 0 saturated heterocycles. The van der Waals surface area contributed by atoms with Crippen LogP contribution in [0.25, 0.3) is 33.7 Å². The lowest BCUT2D eigenvalue weighted by atomic mass is 10.1. The Hall–Kier alpha value is -3.85. The number of imidazole rings is 1. The fourth-order valence-electron chi connectivity index (χ4n) is 2.91. The molecule has 0 aliphatic rings. The van der Waals surface area contributed by atoms with E-state index in [4.69, 9.17) is 5.11 Å². The van der Waals surface area contributed by atoms with Crippen molar-refractivity contribution in [3.05, 3.63) is 64.7 Å². The first-order chi connectivity index (χ1) is 14.2. The Morgan fingerprint density at radius 1 is 1.14 bits per heavy atom. The second kappa shape index (κ2) is 8.03. The number of aliphatic hydroxyl groups is 1. The number of fused-ring (bicyclic) bond motifs is 1. The van der Waals surface area contributed by atoms with Gasteiger partial charge in [-0.1, -0.05) is 0 Å². The van der Waals surface area contributed by atoms with Crippen molar-refractivity contribution in [3.8, 4) is 22.6 Å². The minimum Gasteiger partial charge on any atom is -0.396 e. The average molecular weight is 390 g/mol. The van der Waals surface area contributed by atoms with Crippen LogP contribution < -0.4 is 10.9 Å². The first-order valence-corrected chi connectivity index (χ1v) is 9.05. The van der Waals surface area contributed by atoms with E-state index in [0.29, 0.717) is 46.6 Å². The molecule has 1 aromatic carbocycles. The molecule has 9 nitrogen and oxygen atoms in total. The number of benzene rings is 1. The predicted octanol–water partition coefficient (Wildman–Crippen LogP) is 1.49. The highest BCUT2D eigenvalue weighted by Crippen LogP contribution is 2.22. The van der Waals surface area contributed by atoms with Crippen molar-refractivity contribution in [2.24, 2.45) is 0 Å². The van der Waals surface area contributed by atoms with Crippen molar-refractivity contribution in [1.82, 2.24) is 30.5 Å². The minimum absolute atomic E-state index is 0.0190. The van der Waals surface area contributed by atoms with E-state index >= 15 is 0 Å². The first-order valence-electron chi connectivity index (χ1n) is 9.05. The second-order valence-corrected chi connectivity index (χ2v) is 6.38. The molecule has 0 spiro atoms. The third kappa shape index (κ3) is 3.90. The van der Waals surface area contributed by atoms with Crippen molar-refractivity contribution >= 4 is 16.9 Å². The molecule has 4 rings (SSSR count). The summed E-state index contributed by atoms with van der Waals surface area (Å²) in [5.41, 5.74) is 3.11. The number of aromatic nitrogens is 5. The highest BCUT2D eigenvalue weighted by Gasteiger charge is 2.13. The average Bonchev–Trinajstić information content (AvgIpc) is 3.18. The summed E-state index contributed by atoms with van der Waals surface area (Å²) in [5, 5.41) is 18.1. The number of amides is 1. The minimum atomic E-state index is -0.371. The third-order valence-electron chi connectivity index (χ3n) is 4.40. The number of rotatable bonds is 6. The van der Waals surface area contributed by atoms with Crippen molar-refractivity contribution in [2.75, 3.05) is 13.2 Å². The van der Waals surface area contributed by atoms with Gasteiger partial charge in [-0.05, 0) is 42.8 Å². The molecule has 0 bridgehead atoms. The molecule has 0 unspecified atom stereocenters. The van der Waals surface area contributed by atoms with Gasteiger partial charge in [0.15, 0.2) is 0 Å². The molecule has 3 heterocycles. The summed E-state index contributed by atoms with van der Waals surface area (Å²) in [5.74, 6) is 0.148. The van der Waals surface area contributed by atoms with Crippen LogP contribution in [0, 0.1) is 0 Å². The van der Waals surface area contributed by atoms with Crippen LogP contribution in [-0.2, 0) is 0 Å². The van der Waals surface area contributed by atoms with Gasteiger partial charge in [0.25, 0.3) is 11.5 Å². The Balaban J connectivity index is 1.68. The Bertz CT molecular complexity index is 1220. The van der Waals surface area contributed by atoms with E-state index in [1.54, 1.807) is 48.8 Å². The molecule has 3 aromatic heterocycles. The van der Waals surface area contributed by atoms with Crippen LogP contribution >= 0.6 is 0 Å². The van der Waals surface area contributed by atoms with Crippen molar-refractivity contribution < 1.29 is 9.90 Å². The molecular formula is C20H18N6O3. The van der Waals surface area contributed by atoms with Gasteiger partial charge in [0.05, 0.1) is 22.3 Å². The summed E-state index contributed by atoms with van der Waals surface area (Å²) >= 11 is 0. The molecule has 29 heavy (non-hydrogen) atoms.